The van der Waals surface area contributed by atoms with Crippen LogP contribution in [0.25, 0.3) is 0 Å². The number of hydrogen-bond donors (Lipinski definition) is 2. The summed E-state index contributed by atoms with van der Waals surface area (Å²) < 4.78 is 5.35. The van der Waals surface area contributed by atoms with Crippen LogP contribution in [0.1, 0.15) is 16.7 Å². The molecule has 0 saturated heterocycles. The largest absolute Gasteiger partial charge is 0.508 e. The summed E-state index contributed by atoms with van der Waals surface area (Å²) in [5.74, 6) is -0.0976. The maximum Gasteiger partial charge on any atom is 0.278 e. The van der Waals surface area contributed by atoms with Crippen molar-refractivity contribution in [3.8, 4) is 11.5 Å². The van der Waals surface area contributed by atoms with E-state index >= 15 is 0 Å². The quantitative estimate of drug-likeness (QED) is 0.475. The summed E-state index contributed by atoms with van der Waals surface area (Å²) in [7, 11) is 0. The highest BCUT2D eigenvalue weighted by Crippen LogP contribution is 2.21. The van der Waals surface area contributed by atoms with E-state index in [0.29, 0.717) is 5.75 Å². The molecule has 0 unspecified atom stereocenters. The first-order valence-electron chi connectivity index (χ1n) is 7.36. The van der Waals surface area contributed by atoms with Crippen LogP contribution < -0.4 is 10.2 Å². The lowest BCUT2D eigenvalue weighted by Crippen LogP contribution is -2.24. The topological polar surface area (TPSA) is 114 Å². The molecule has 0 aliphatic rings. The number of aryl methyl sites for hydroxylation is 2. The van der Waals surface area contributed by atoms with E-state index in [4.69, 9.17) is 4.74 Å². The Morgan fingerprint density at radius 1 is 1.28 bits per heavy atom. The number of nitro benzene ring substituents is 1. The fraction of sp³-hybridized carbons (Fsp3) is 0.176. The molecule has 0 aliphatic heterocycles. The van der Waals surface area contributed by atoms with Crippen LogP contribution in [0, 0.1) is 24.0 Å². The van der Waals surface area contributed by atoms with Gasteiger partial charge in [0.2, 0.25) is 0 Å². The highest BCUT2D eigenvalue weighted by Gasteiger charge is 2.12. The second-order valence-corrected chi connectivity index (χ2v) is 5.33. The number of hydrazone groups is 1. The van der Waals surface area contributed by atoms with E-state index in [2.05, 4.69) is 10.5 Å². The van der Waals surface area contributed by atoms with Gasteiger partial charge in [-0.05, 0) is 49.2 Å². The third-order valence-electron chi connectivity index (χ3n) is 3.45. The van der Waals surface area contributed by atoms with Crippen molar-refractivity contribution >= 4 is 17.8 Å². The number of nitro groups is 1. The number of carbonyl (C=O) groups is 1. The van der Waals surface area contributed by atoms with Crippen LogP contribution in [0.5, 0.6) is 11.5 Å². The number of benzene rings is 2. The third kappa shape index (κ3) is 5.03. The van der Waals surface area contributed by atoms with Gasteiger partial charge in [0.25, 0.3) is 11.6 Å². The molecule has 25 heavy (non-hydrogen) atoms. The molecule has 0 atom stereocenters. The third-order valence-corrected chi connectivity index (χ3v) is 3.45. The molecular formula is C17H17N3O5. The second-order valence-electron chi connectivity index (χ2n) is 5.33. The zero-order valence-corrected chi connectivity index (χ0v) is 13.7. The summed E-state index contributed by atoms with van der Waals surface area (Å²) in [6.07, 6.45) is 1.09. The normalized spacial score (nSPS) is 10.6. The Bertz CT molecular complexity index is 833. The predicted molar refractivity (Wildman–Crippen MR) is 91.9 cm³/mol. The van der Waals surface area contributed by atoms with Crippen molar-refractivity contribution in [3.63, 3.8) is 0 Å². The summed E-state index contributed by atoms with van der Waals surface area (Å²) in [6.45, 7) is 3.66. The Morgan fingerprint density at radius 2 is 2.04 bits per heavy atom. The molecule has 0 heterocycles. The molecule has 0 spiro atoms. The van der Waals surface area contributed by atoms with Gasteiger partial charge in [-0.2, -0.15) is 5.10 Å². The van der Waals surface area contributed by atoms with Crippen LogP contribution in [0.3, 0.4) is 0 Å². The van der Waals surface area contributed by atoms with Crippen molar-refractivity contribution in [1.82, 2.24) is 5.43 Å². The number of carbonyl (C=O) groups excluding carboxylic acids is 1. The highest BCUT2D eigenvalue weighted by atomic mass is 16.6. The van der Waals surface area contributed by atoms with E-state index in [1.54, 1.807) is 6.07 Å². The van der Waals surface area contributed by atoms with Crippen molar-refractivity contribution in [3.05, 3.63) is 63.2 Å². The lowest BCUT2D eigenvalue weighted by atomic mass is 10.1. The molecule has 130 valence electrons. The van der Waals surface area contributed by atoms with E-state index in [0.717, 1.165) is 23.4 Å². The number of aromatic hydroxyl groups is 1. The number of nitrogens with one attached hydrogen (secondary N) is 1. The minimum absolute atomic E-state index is 0.0698. The average Bonchev–Trinajstić information content (AvgIpc) is 2.56. The molecule has 0 saturated carbocycles. The van der Waals surface area contributed by atoms with Crippen molar-refractivity contribution in [2.75, 3.05) is 6.61 Å². The molecule has 2 rings (SSSR count). The van der Waals surface area contributed by atoms with E-state index in [1.165, 1.54) is 12.1 Å². The summed E-state index contributed by atoms with van der Waals surface area (Å²) in [4.78, 5) is 22.0. The summed E-state index contributed by atoms with van der Waals surface area (Å²) in [5.41, 5.74) is 4.22. The minimum Gasteiger partial charge on any atom is -0.508 e. The number of nitrogens with zero attached hydrogens (tertiary/aromatic N) is 2. The zero-order chi connectivity index (χ0) is 18.4. The van der Waals surface area contributed by atoms with Gasteiger partial charge < -0.3 is 9.84 Å². The molecule has 0 radical (unpaired) electrons. The van der Waals surface area contributed by atoms with Crippen LogP contribution in [-0.2, 0) is 4.79 Å². The van der Waals surface area contributed by atoms with Gasteiger partial charge in [-0.1, -0.05) is 6.07 Å². The average molecular weight is 343 g/mol. The van der Waals surface area contributed by atoms with Gasteiger partial charge in [0, 0.05) is 6.07 Å². The summed E-state index contributed by atoms with van der Waals surface area (Å²) in [5, 5.41) is 23.9. The monoisotopic (exact) mass is 343 g/mol. The van der Waals surface area contributed by atoms with Gasteiger partial charge in [-0.25, -0.2) is 5.43 Å². The highest BCUT2D eigenvalue weighted by molar-refractivity contribution is 5.87. The molecule has 0 aliphatic carbocycles. The van der Waals surface area contributed by atoms with E-state index in [1.807, 2.05) is 26.0 Å². The molecule has 2 N–H and O–H groups in total. The molecule has 0 fully saturated rings. The molecule has 1 amide bonds. The maximum atomic E-state index is 11.7. The smallest absolute Gasteiger partial charge is 0.278 e. The van der Waals surface area contributed by atoms with Crippen LogP contribution in [0.4, 0.5) is 5.69 Å². The van der Waals surface area contributed by atoms with Crippen LogP contribution in [-0.4, -0.2) is 28.8 Å². The standard InChI is InChI=1S/C17H17N3O5/c1-11-3-5-15(7-12(11)2)25-10-17(22)19-18-9-13-8-14(21)4-6-16(13)20(23)24/h3-9,21H,10H2,1-2H3,(H,19,22)/b18-9+. The molecular weight excluding hydrogens is 326 g/mol. The fourth-order valence-electron chi connectivity index (χ4n) is 1.97. The van der Waals surface area contributed by atoms with E-state index < -0.39 is 10.8 Å². The molecule has 2 aromatic rings. The number of ether oxygens (including phenoxy) is 1. The second kappa shape index (κ2) is 7.91. The van der Waals surface area contributed by atoms with Crippen LogP contribution in [0.15, 0.2) is 41.5 Å². The Morgan fingerprint density at radius 3 is 2.72 bits per heavy atom. The summed E-state index contributed by atoms with van der Waals surface area (Å²) in [6, 6.07) is 9.00. The number of amides is 1. The van der Waals surface area contributed by atoms with Gasteiger partial charge in [0.05, 0.1) is 16.7 Å². The summed E-state index contributed by atoms with van der Waals surface area (Å²) >= 11 is 0. The Labute approximate surface area is 143 Å². The first-order chi connectivity index (χ1) is 11.9. The molecule has 2 aromatic carbocycles. The van der Waals surface area contributed by atoms with Gasteiger partial charge >= 0.3 is 0 Å². The lowest BCUT2D eigenvalue weighted by Gasteiger charge is -2.07. The van der Waals surface area contributed by atoms with Crippen LogP contribution in [0.2, 0.25) is 0 Å². The maximum absolute atomic E-state index is 11.7. The van der Waals surface area contributed by atoms with Gasteiger partial charge in [-0.3, -0.25) is 14.9 Å². The van der Waals surface area contributed by atoms with Crippen molar-refractivity contribution < 1.29 is 19.6 Å². The van der Waals surface area contributed by atoms with Crippen LogP contribution >= 0.6 is 0 Å². The molecule has 8 heteroatoms. The Hall–Kier alpha value is -3.42. The van der Waals surface area contributed by atoms with Crippen molar-refractivity contribution in [2.24, 2.45) is 5.10 Å². The minimum atomic E-state index is -0.606. The molecule has 0 aromatic heterocycles. The fourth-order valence-corrected chi connectivity index (χ4v) is 1.97. The Balaban J connectivity index is 1.93. The first-order valence-corrected chi connectivity index (χ1v) is 7.36. The number of hydrogen-bond acceptors (Lipinski definition) is 6. The zero-order valence-electron chi connectivity index (χ0n) is 13.7. The molecule has 0 bridgehead atoms. The number of rotatable bonds is 6. The predicted octanol–water partition coefficient (Wildman–Crippen LogP) is 2.45. The van der Waals surface area contributed by atoms with Crippen molar-refractivity contribution in [1.29, 1.82) is 0 Å². The van der Waals surface area contributed by atoms with Gasteiger partial charge in [-0.15, -0.1) is 0 Å². The first kappa shape index (κ1) is 17.9. The lowest BCUT2D eigenvalue weighted by molar-refractivity contribution is -0.385. The van der Waals surface area contributed by atoms with E-state index in [9.17, 15) is 20.0 Å². The van der Waals surface area contributed by atoms with Gasteiger partial charge in [0.1, 0.15) is 11.5 Å². The Kier molecular flexibility index (Phi) is 5.67. The van der Waals surface area contributed by atoms with E-state index in [-0.39, 0.29) is 23.6 Å². The number of phenols is 1. The van der Waals surface area contributed by atoms with Gasteiger partial charge in [0.15, 0.2) is 6.61 Å². The molecule has 8 nitrogen and oxygen atoms in total. The van der Waals surface area contributed by atoms with Crippen molar-refractivity contribution in [2.45, 2.75) is 13.8 Å². The SMILES string of the molecule is Cc1ccc(OCC(=O)N/N=C/c2cc(O)ccc2[N+](=O)[O-])cc1C. The number of phenolic OH excluding ortho intramolecular Hbond substituents is 1.